The first kappa shape index (κ1) is 20.1. The quantitative estimate of drug-likeness (QED) is 0.575. The van der Waals surface area contributed by atoms with Crippen molar-refractivity contribution in [1.29, 1.82) is 0 Å². The van der Waals surface area contributed by atoms with Crippen LogP contribution in [0.1, 0.15) is 64.1 Å². The highest BCUT2D eigenvalue weighted by Crippen LogP contribution is 2.41. The predicted molar refractivity (Wildman–Crippen MR) is 121 cm³/mol. The molecule has 0 saturated carbocycles. The highest BCUT2D eigenvalue weighted by molar-refractivity contribution is 5.87. The molecule has 1 aliphatic rings. The lowest BCUT2D eigenvalue weighted by Crippen LogP contribution is -2.22. The Morgan fingerprint density at radius 1 is 1.00 bits per heavy atom. The minimum Gasteiger partial charge on any atom is -0.478 e. The molecule has 4 rings (SSSR count). The fourth-order valence-electron chi connectivity index (χ4n) is 4.14. The number of rotatable bonds is 5. The van der Waals surface area contributed by atoms with E-state index in [2.05, 4.69) is 55.2 Å². The Kier molecular flexibility index (Phi) is 5.29. The van der Waals surface area contributed by atoms with Crippen molar-refractivity contribution in [3.8, 4) is 0 Å². The minimum absolute atomic E-state index is 0.113. The van der Waals surface area contributed by atoms with Crippen molar-refractivity contribution in [2.75, 3.05) is 0 Å². The monoisotopic (exact) mass is 397 g/mol. The SMILES string of the molecule is Cc1ccc(C2=CCC(C)(C)c3ccc(CCc4ccc(C(=O)O)cc4)cc32)cn1. The van der Waals surface area contributed by atoms with Crippen LogP contribution in [0.2, 0.25) is 0 Å². The van der Waals surface area contributed by atoms with E-state index in [0.717, 1.165) is 30.5 Å². The molecule has 152 valence electrons. The van der Waals surface area contributed by atoms with E-state index in [9.17, 15) is 4.79 Å². The van der Waals surface area contributed by atoms with Crippen LogP contribution in [-0.2, 0) is 18.3 Å². The maximum absolute atomic E-state index is 11.0. The third-order valence-corrected chi connectivity index (χ3v) is 6.05. The molecule has 0 amide bonds. The Morgan fingerprint density at radius 2 is 1.70 bits per heavy atom. The standard InChI is InChI=1S/C27H27NO2/c1-18-4-10-22(17-28-18)23-14-15-27(2,3)25-13-9-20(16-24(23)25)6-5-19-7-11-21(12-8-19)26(29)30/h4,7-14,16-17H,5-6,15H2,1-3H3,(H,29,30). The second kappa shape index (κ2) is 7.91. The van der Waals surface area contributed by atoms with Crippen LogP contribution in [0.3, 0.4) is 0 Å². The number of carboxylic acid groups (broad SMARTS) is 1. The van der Waals surface area contributed by atoms with E-state index in [1.165, 1.54) is 27.8 Å². The van der Waals surface area contributed by atoms with Gasteiger partial charge in [0.05, 0.1) is 5.56 Å². The molecule has 2 aromatic carbocycles. The summed E-state index contributed by atoms with van der Waals surface area (Å²) in [6.07, 6.45) is 7.13. The number of fused-ring (bicyclic) bond motifs is 1. The van der Waals surface area contributed by atoms with E-state index in [0.29, 0.717) is 5.56 Å². The molecule has 0 atom stereocenters. The Bertz CT molecular complexity index is 1110. The van der Waals surface area contributed by atoms with Crippen molar-refractivity contribution in [1.82, 2.24) is 4.98 Å². The molecule has 1 heterocycles. The van der Waals surface area contributed by atoms with Gasteiger partial charge < -0.3 is 5.11 Å². The summed E-state index contributed by atoms with van der Waals surface area (Å²) in [6.45, 7) is 6.61. The summed E-state index contributed by atoms with van der Waals surface area (Å²) in [6, 6.07) is 18.3. The van der Waals surface area contributed by atoms with Gasteiger partial charge in [0, 0.05) is 17.5 Å². The summed E-state index contributed by atoms with van der Waals surface area (Å²) in [5.74, 6) is -0.885. The van der Waals surface area contributed by atoms with Crippen LogP contribution in [0, 0.1) is 6.92 Å². The number of pyridine rings is 1. The zero-order valence-electron chi connectivity index (χ0n) is 17.8. The summed E-state index contributed by atoms with van der Waals surface area (Å²) >= 11 is 0. The van der Waals surface area contributed by atoms with Crippen molar-refractivity contribution in [2.45, 2.75) is 45.4 Å². The molecule has 1 N–H and O–H groups in total. The maximum atomic E-state index is 11.0. The van der Waals surface area contributed by atoms with Crippen molar-refractivity contribution in [3.63, 3.8) is 0 Å². The molecule has 0 bridgehead atoms. The number of allylic oxidation sites excluding steroid dienone is 1. The van der Waals surface area contributed by atoms with Gasteiger partial charge in [-0.15, -0.1) is 0 Å². The molecule has 30 heavy (non-hydrogen) atoms. The summed E-state index contributed by atoms with van der Waals surface area (Å²) < 4.78 is 0. The average molecular weight is 398 g/mol. The average Bonchev–Trinajstić information content (AvgIpc) is 2.73. The molecule has 0 saturated heterocycles. The first-order valence-corrected chi connectivity index (χ1v) is 10.4. The molecule has 0 radical (unpaired) electrons. The number of carbonyl (C=O) groups is 1. The van der Waals surface area contributed by atoms with Gasteiger partial charge in [-0.1, -0.05) is 56.3 Å². The number of carboxylic acids is 1. The van der Waals surface area contributed by atoms with Gasteiger partial charge in [-0.25, -0.2) is 4.79 Å². The summed E-state index contributed by atoms with van der Waals surface area (Å²) in [5.41, 5.74) is 9.03. The van der Waals surface area contributed by atoms with E-state index in [1.54, 1.807) is 12.1 Å². The second-order valence-electron chi connectivity index (χ2n) is 8.78. The maximum Gasteiger partial charge on any atom is 0.335 e. The van der Waals surface area contributed by atoms with Gasteiger partial charge in [0.1, 0.15) is 0 Å². The van der Waals surface area contributed by atoms with Crippen molar-refractivity contribution in [2.24, 2.45) is 0 Å². The molecule has 1 aliphatic carbocycles. The Labute approximate surface area is 178 Å². The number of nitrogens with zero attached hydrogens (tertiary/aromatic N) is 1. The van der Waals surface area contributed by atoms with E-state index in [1.807, 2.05) is 25.3 Å². The lowest BCUT2D eigenvalue weighted by Gasteiger charge is -2.32. The summed E-state index contributed by atoms with van der Waals surface area (Å²) in [5, 5.41) is 9.06. The third kappa shape index (κ3) is 4.06. The Morgan fingerprint density at radius 3 is 2.37 bits per heavy atom. The zero-order valence-corrected chi connectivity index (χ0v) is 17.8. The molecule has 0 spiro atoms. The van der Waals surface area contributed by atoms with Gasteiger partial charge >= 0.3 is 5.97 Å². The van der Waals surface area contributed by atoms with E-state index >= 15 is 0 Å². The molecular formula is C27H27NO2. The van der Waals surface area contributed by atoms with E-state index in [-0.39, 0.29) is 5.41 Å². The van der Waals surface area contributed by atoms with Crippen LogP contribution in [0.15, 0.2) is 66.9 Å². The zero-order chi connectivity index (χ0) is 21.3. The lowest BCUT2D eigenvalue weighted by atomic mass is 9.72. The topological polar surface area (TPSA) is 50.2 Å². The molecule has 3 nitrogen and oxygen atoms in total. The van der Waals surface area contributed by atoms with E-state index in [4.69, 9.17) is 5.11 Å². The minimum atomic E-state index is -0.885. The molecule has 0 fully saturated rings. The van der Waals surface area contributed by atoms with E-state index < -0.39 is 5.97 Å². The molecule has 0 aliphatic heterocycles. The van der Waals surface area contributed by atoms with Crippen LogP contribution in [0.4, 0.5) is 0 Å². The fourth-order valence-corrected chi connectivity index (χ4v) is 4.14. The number of aromatic carboxylic acids is 1. The molecule has 0 unspecified atom stereocenters. The first-order chi connectivity index (χ1) is 14.3. The summed E-state index contributed by atoms with van der Waals surface area (Å²) in [7, 11) is 0. The molecule has 3 aromatic rings. The van der Waals surface area contributed by atoms with Gasteiger partial charge in [0.25, 0.3) is 0 Å². The lowest BCUT2D eigenvalue weighted by molar-refractivity contribution is 0.0697. The van der Waals surface area contributed by atoms with Gasteiger partial charge in [-0.2, -0.15) is 0 Å². The van der Waals surface area contributed by atoms with Crippen LogP contribution in [0.5, 0.6) is 0 Å². The molecule has 1 aromatic heterocycles. The molecule has 3 heteroatoms. The highest BCUT2D eigenvalue weighted by Gasteiger charge is 2.28. The van der Waals surface area contributed by atoms with Gasteiger partial charge in [0.2, 0.25) is 0 Å². The predicted octanol–water partition coefficient (Wildman–Crippen LogP) is 5.99. The van der Waals surface area contributed by atoms with Crippen LogP contribution < -0.4 is 0 Å². The number of aromatic nitrogens is 1. The summed E-state index contributed by atoms with van der Waals surface area (Å²) in [4.78, 5) is 15.5. The smallest absolute Gasteiger partial charge is 0.335 e. The highest BCUT2D eigenvalue weighted by atomic mass is 16.4. The number of benzene rings is 2. The normalized spacial score (nSPS) is 14.7. The number of hydrogen-bond acceptors (Lipinski definition) is 2. The molecular weight excluding hydrogens is 370 g/mol. The Hall–Kier alpha value is -3.20. The third-order valence-electron chi connectivity index (χ3n) is 6.05. The Balaban J connectivity index is 1.61. The largest absolute Gasteiger partial charge is 0.478 e. The van der Waals surface area contributed by atoms with Crippen molar-refractivity contribution < 1.29 is 9.90 Å². The fraction of sp³-hybridized carbons (Fsp3) is 0.259. The van der Waals surface area contributed by atoms with Crippen LogP contribution >= 0.6 is 0 Å². The van der Waals surface area contributed by atoms with Gasteiger partial charge in [-0.05, 0) is 77.6 Å². The number of aryl methyl sites for hydroxylation is 3. The van der Waals surface area contributed by atoms with Gasteiger partial charge in [0.15, 0.2) is 0 Å². The first-order valence-electron chi connectivity index (χ1n) is 10.4. The van der Waals surface area contributed by atoms with Gasteiger partial charge in [-0.3, -0.25) is 4.98 Å². The number of hydrogen-bond donors (Lipinski definition) is 1. The van der Waals surface area contributed by atoms with Crippen molar-refractivity contribution >= 4 is 11.5 Å². The van der Waals surface area contributed by atoms with Crippen molar-refractivity contribution in [3.05, 3.63) is 106 Å². The van der Waals surface area contributed by atoms with Crippen LogP contribution in [-0.4, -0.2) is 16.1 Å². The second-order valence-corrected chi connectivity index (χ2v) is 8.78. The van der Waals surface area contributed by atoms with Crippen LogP contribution in [0.25, 0.3) is 5.57 Å².